The molecule has 5 aromatic rings. The van der Waals surface area contributed by atoms with Gasteiger partial charge in [-0.3, -0.25) is 0 Å². The van der Waals surface area contributed by atoms with Crippen molar-refractivity contribution in [2.75, 3.05) is 24.0 Å². The van der Waals surface area contributed by atoms with Crippen molar-refractivity contribution in [2.24, 2.45) is 5.10 Å². The molecule has 4 aromatic carbocycles. The van der Waals surface area contributed by atoms with Gasteiger partial charge in [-0.1, -0.05) is 83.9 Å². The molecule has 1 aliphatic heterocycles. The smallest absolute Gasteiger partial charge is 0.247 e. The Balaban J connectivity index is 1.53. The van der Waals surface area contributed by atoms with Gasteiger partial charge in [0.25, 0.3) is 0 Å². The van der Waals surface area contributed by atoms with E-state index in [-0.39, 0.29) is 6.04 Å². The summed E-state index contributed by atoms with van der Waals surface area (Å²) < 4.78 is 0. The van der Waals surface area contributed by atoms with Crippen LogP contribution in [0.3, 0.4) is 0 Å². The van der Waals surface area contributed by atoms with Crippen LogP contribution in [0.25, 0.3) is 22.2 Å². The quantitative estimate of drug-likeness (QED) is 0.240. The minimum Gasteiger partial charge on any atom is -0.378 e. The van der Waals surface area contributed by atoms with Crippen molar-refractivity contribution >= 4 is 39.9 Å². The predicted molar refractivity (Wildman–Crippen MR) is 158 cm³/mol. The van der Waals surface area contributed by atoms with E-state index in [4.69, 9.17) is 26.7 Å². The van der Waals surface area contributed by atoms with Gasteiger partial charge < -0.3 is 4.90 Å². The Labute approximate surface area is 228 Å². The lowest BCUT2D eigenvalue weighted by Gasteiger charge is -2.23. The van der Waals surface area contributed by atoms with Gasteiger partial charge >= 0.3 is 0 Å². The van der Waals surface area contributed by atoms with Crippen molar-refractivity contribution in [1.82, 2.24) is 9.97 Å². The highest BCUT2D eigenvalue weighted by Gasteiger charge is 2.32. The van der Waals surface area contributed by atoms with Gasteiger partial charge in [-0.15, -0.1) is 0 Å². The second kappa shape index (κ2) is 9.92. The first-order valence-corrected chi connectivity index (χ1v) is 13.1. The summed E-state index contributed by atoms with van der Waals surface area (Å²) in [4.78, 5) is 12.2. The molecule has 0 N–H and O–H groups in total. The second-order valence-corrected chi connectivity index (χ2v) is 10.3. The molecular formula is C32H28ClN5. The van der Waals surface area contributed by atoms with Crippen LogP contribution in [0.5, 0.6) is 0 Å². The van der Waals surface area contributed by atoms with Crippen molar-refractivity contribution in [2.45, 2.75) is 19.4 Å². The summed E-state index contributed by atoms with van der Waals surface area (Å²) in [5.74, 6) is 0.558. The average molecular weight is 518 g/mol. The zero-order valence-corrected chi connectivity index (χ0v) is 22.4. The number of hydrogen-bond donors (Lipinski definition) is 0. The van der Waals surface area contributed by atoms with Crippen molar-refractivity contribution in [3.8, 4) is 11.3 Å². The summed E-state index contributed by atoms with van der Waals surface area (Å²) in [5.41, 5.74) is 8.33. The van der Waals surface area contributed by atoms with Crippen LogP contribution >= 0.6 is 11.6 Å². The highest BCUT2D eigenvalue weighted by Crippen LogP contribution is 2.38. The maximum Gasteiger partial charge on any atom is 0.247 e. The van der Waals surface area contributed by atoms with Crippen molar-refractivity contribution in [3.63, 3.8) is 0 Å². The van der Waals surface area contributed by atoms with Gasteiger partial charge in [0.1, 0.15) is 0 Å². The Morgan fingerprint density at radius 2 is 1.58 bits per heavy atom. The van der Waals surface area contributed by atoms with Gasteiger partial charge in [0.2, 0.25) is 5.95 Å². The fourth-order valence-corrected chi connectivity index (χ4v) is 5.06. The molecule has 1 aromatic heterocycles. The molecule has 38 heavy (non-hydrogen) atoms. The van der Waals surface area contributed by atoms with Crippen molar-refractivity contribution < 1.29 is 0 Å². The lowest BCUT2D eigenvalue weighted by Crippen LogP contribution is -2.21. The summed E-state index contributed by atoms with van der Waals surface area (Å²) in [6.45, 7) is 2.10. The van der Waals surface area contributed by atoms with Crippen LogP contribution < -0.4 is 9.91 Å². The van der Waals surface area contributed by atoms with E-state index in [1.807, 2.05) is 41.4 Å². The minimum atomic E-state index is -0.0335. The normalized spacial score (nSPS) is 15.1. The number of hydrogen-bond acceptors (Lipinski definition) is 5. The Bertz CT molecular complexity index is 1640. The zero-order valence-electron chi connectivity index (χ0n) is 21.6. The maximum atomic E-state index is 6.41. The molecule has 0 radical (unpaired) electrons. The Morgan fingerprint density at radius 3 is 2.34 bits per heavy atom. The van der Waals surface area contributed by atoms with Crippen LogP contribution in [0.1, 0.15) is 29.2 Å². The van der Waals surface area contributed by atoms with Gasteiger partial charge in [0.15, 0.2) is 0 Å². The SMILES string of the molecule is Cc1ccc([C@@H]2CC(c3cccc(N(C)C)c3)=NN2c2nc(-c3ccccc3)c3ccc(Cl)cc3n2)cc1. The number of benzene rings is 4. The molecule has 0 fully saturated rings. The first-order valence-electron chi connectivity index (χ1n) is 12.7. The van der Waals surface area contributed by atoms with Crippen LogP contribution in [0.2, 0.25) is 5.02 Å². The van der Waals surface area contributed by atoms with E-state index in [2.05, 4.69) is 86.6 Å². The first-order chi connectivity index (χ1) is 18.5. The highest BCUT2D eigenvalue weighted by molar-refractivity contribution is 6.31. The summed E-state index contributed by atoms with van der Waals surface area (Å²) in [7, 11) is 4.10. The standard InChI is InChI=1S/C32H28ClN5/c1-21-12-14-22(15-13-21)30-20-28(24-10-7-11-26(18-24)37(2)3)36-38(30)32-34-29-19-25(33)16-17-27(29)31(35-32)23-8-5-4-6-9-23/h4-19,30H,20H2,1-3H3/t30-/m0/s1. The van der Waals surface area contributed by atoms with Crippen LogP contribution in [0.4, 0.5) is 11.6 Å². The van der Waals surface area contributed by atoms with Crippen molar-refractivity contribution in [1.29, 1.82) is 0 Å². The number of anilines is 2. The van der Waals surface area contributed by atoms with Crippen LogP contribution in [-0.4, -0.2) is 29.8 Å². The van der Waals surface area contributed by atoms with Crippen LogP contribution in [0, 0.1) is 6.92 Å². The number of aromatic nitrogens is 2. The van der Waals surface area contributed by atoms with E-state index >= 15 is 0 Å². The lowest BCUT2D eigenvalue weighted by molar-refractivity contribution is 0.689. The van der Waals surface area contributed by atoms with Gasteiger partial charge in [-0.2, -0.15) is 5.10 Å². The van der Waals surface area contributed by atoms with Crippen molar-refractivity contribution in [3.05, 3.63) is 119 Å². The Hall–Kier alpha value is -4.22. The maximum absolute atomic E-state index is 6.41. The summed E-state index contributed by atoms with van der Waals surface area (Å²) in [6.07, 6.45) is 0.748. The molecule has 0 amide bonds. The molecule has 0 unspecified atom stereocenters. The number of rotatable bonds is 5. The third kappa shape index (κ3) is 4.61. The molecule has 2 heterocycles. The Kier molecular flexibility index (Phi) is 6.30. The molecule has 0 aliphatic carbocycles. The van der Waals surface area contributed by atoms with E-state index in [0.29, 0.717) is 11.0 Å². The van der Waals surface area contributed by atoms with E-state index in [0.717, 1.165) is 45.5 Å². The number of hydrazone groups is 1. The van der Waals surface area contributed by atoms with Gasteiger partial charge in [-0.05, 0) is 48.4 Å². The minimum absolute atomic E-state index is 0.0335. The molecular weight excluding hydrogens is 490 g/mol. The fourth-order valence-electron chi connectivity index (χ4n) is 4.89. The molecule has 0 spiro atoms. The molecule has 1 atom stereocenters. The number of nitrogens with zero attached hydrogens (tertiary/aromatic N) is 5. The second-order valence-electron chi connectivity index (χ2n) is 9.87. The first kappa shape index (κ1) is 24.1. The highest BCUT2D eigenvalue weighted by atomic mass is 35.5. The van der Waals surface area contributed by atoms with E-state index in [1.165, 1.54) is 11.1 Å². The molecule has 6 heteroatoms. The van der Waals surface area contributed by atoms with Gasteiger partial charge in [0, 0.05) is 42.2 Å². The monoisotopic (exact) mass is 517 g/mol. The molecule has 0 bridgehead atoms. The fraction of sp³-hybridized carbons (Fsp3) is 0.156. The number of aryl methyl sites for hydroxylation is 1. The van der Waals surface area contributed by atoms with Crippen LogP contribution in [-0.2, 0) is 0 Å². The van der Waals surface area contributed by atoms with E-state index in [9.17, 15) is 0 Å². The summed E-state index contributed by atoms with van der Waals surface area (Å²) >= 11 is 6.41. The number of fused-ring (bicyclic) bond motifs is 1. The van der Waals surface area contributed by atoms with E-state index < -0.39 is 0 Å². The lowest BCUT2D eigenvalue weighted by atomic mass is 9.97. The molecule has 1 aliphatic rings. The van der Waals surface area contributed by atoms with E-state index in [1.54, 1.807) is 0 Å². The third-order valence-electron chi connectivity index (χ3n) is 6.97. The topological polar surface area (TPSA) is 44.6 Å². The summed E-state index contributed by atoms with van der Waals surface area (Å²) in [6, 6.07) is 33.1. The third-order valence-corrected chi connectivity index (χ3v) is 7.20. The average Bonchev–Trinajstić information content (AvgIpc) is 3.39. The molecule has 5 nitrogen and oxygen atoms in total. The molecule has 188 valence electrons. The van der Waals surface area contributed by atoms with Crippen LogP contribution in [0.15, 0.2) is 102 Å². The van der Waals surface area contributed by atoms with Gasteiger partial charge in [-0.25, -0.2) is 15.0 Å². The molecule has 6 rings (SSSR count). The zero-order chi connectivity index (χ0) is 26.2. The predicted octanol–water partition coefficient (Wildman–Crippen LogP) is 7.68. The number of halogens is 1. The Morgan fingerprint density at radius 1 is 0.816 bits per heavy atom. The molecule has 0 saturated carbocycles. The largest absolute Gasteiger partial charge is 0.378 e. The van der Waals surface area contributed by atoms with Gasteiger partial charge in [0.05, 0.1) is 23.0 Å². The summed E-state index contributed by atoms with van der Waals surface area (Å²) in [5, 5.41) is 8.73. The molecule has 0 saturated heterocycles.